The zero-order valence-corrected chi connectivity index (χ0v) is 21.5. The van der Waals surface area contributed by atoms with E-state index in [1.54, 1.807) is 13.2 Å². The van der Waals surface area contributed by atoms with Crippen molar-refractivity contribution in [1.29, 1.82) is 5.41 Å². The molecule has 3 aromatic rings. The van der Waals surface area contributed by atoms with Gasteiger partial charge >= 0.3 is 6.36 Å². The molecule has 1 aromatic heterocycles. The summed E-state index contributed by atoms with van der Waals surface area (Å²) >= 11 is 1.15. The highest BCUT2D eigenvalue weighted by Gasteiger charge is 2.31. The average Bonchev–Trinajstić information content (AvgIpc) is 3.05. The molecule has 0 bridgehead atoms. The SMILES string of the molecule is COc1ccccc1N1CCN(CCn2c(=N)sc3cc(OC(F)(F)F)ccc32)CC1.Cl.Cl.Cl. The van der Waals surface area contributed by atoms with E-state index in [-0.39, 0.29) is 43.0 Å². The molecule has 0 radical (unpaired) electrons. The number of benzene rings is 2. The van der Waals surface area contributed by atoms with Gasteiger partial charge in [-0.2, -0.15) is 0 Å². The summed E-state index contributed by atoms with van der Waals surface area (Å²) in [6.07, 6.45) is -4.73. The van der Waals surface area contributed by atoms with Crippen LogP contribution in [-0.4, -0.2) is 55.7 Å². The Hall–Kier alpha value is -1.85. The number of anilines is 1. The number of thiazole rings is 1. The first-order valence-electron chi connectivity index (χ1n) is 9.88. The largest absolute Gasteiger partial charge is 0.573 e. The lowest BCUT2D eigenvalue weighted by Crippen LogP contribution is -2.47. The van der Waals surface area contributed by atoms with Gasteiger partial charge in [0, 0.05) is 39.3 Å². The molecule has 6 nitrogen and oxygen atoms in total. The van der Waals surface area contributed by atoms with E-state index in [1.807, 2.05) is 22.8 Å². The second-order valence-electron chi connectivity index (χ2n) is 7.24. The summed E-state index contributed by atoms with van der Waals surface area (Å²) in [5.74, 6) is 0.602. The molecule has 4 rings (SSSR count). The number of hydrogen-bond acceptors (Lipinski definition) is 6. The Morgan fingerprint density at radius 3 is 2.29 bits per heavy atom. The molecule has 1 saturated heterocycles. The van der Waals surface area contributed by atoms with Crippen molar-refractivity contribution in [3.8, 4) is 11.5 Å². The number of methoxy groups -OCH3 is 1. The van der Waals surface area contributed by atoms with Crippen LogP contribution in [0.4, 0.5) is 18.9 Å². The van der Waals surface area contributed by atoms with Gasteiger partial charge in [0.25, 0.3) is 0 Å². The van der Waals surface area contributed by atoms with E-state index >= 15 is 0 Å². The van der Waals surface area contributed by atoms with E-state index in [4.69, 9.17) is 10.1 Å². The van der Waals surface area contributed by atoms with Crippen LogP contribution < -0.4 is 19.2 Å². The zero-order chi connectivity index (χ0) is 22.0. The third kappa shape index (κ3) is 7.08. The van der Waals surface area contributed by atoms with Crippen LogP contribution in [0.15, 0.2) is 42.5 Å². The minimum Gasteiger partial charge on any atom is -0.495 e. The maximum Gasteiger partial charge on any atom is 0.573 e. The van der Waals surface area contributed by atoms with Gasteiger partial charge in [0.2, 0.25) is 0 Å². The highest BCUT2D eigenvalue weighted by Crippen LogP contribution is 2.29. The van der Waals surface area contributed by atoms with Crippen molar-refractivity contribution >= 4 is 64.5 Å². The van der Waals surface area contributed by atoms with E-state index < -0.39 is 6.36 Å². The molecular formula is C21H26Cl3F3N4O2S. The number of aromatic nitrogens is 1. The summed E-state index contributed by atoms with van der Waals surface area (Å²) in [5, 5.41) is 8.23. The summed E-state index contributed by atoms with van der Waals surface area (Å²) in [5.41, 5.74) is 1.84. The molecule has 2 heterocycles. The van der Waals surface area contributed by atoms with Gasteiger partial charge in [0.05, 0.1) is 23.0 Å². The van der Waals surface area contributed by atoms with Gasteiger partial charge in [0.1, 0.15) is 11.5 Å². The highest BCUT2D eigenvalue weighted by atomic mass is 35.5. The third-order valence-corrected chi connectivity index (χ3v) is 6.31. The quantitative estimate of drug-likeness (QED) is 0.451. The molecule has 13 heteroatoms. The number of rotatable bonds is 6. The Morgan fingerprint density at radius 1 is 0.971 bits per heavy atom. The van der Waals surface area contributed by atoms with Gasteiger partial charge in [-0.25, -0.2) is 0 Å². The number of ether oxygens (including phenoxy) is 2. The second kappa shape index (κ2) is 12.7. The van der Waals surface area contributed by atoms with Crippen molar-refractivity contribution in [1.82, 2.24) is 9.47 Å². The van der Waals surface area contributed by atoms with Crippen molar-refractivity contribution in [2.24, 2.45) is 0 Å². The van der Waals surface area contributed by atoms with E-state index in [9.17, 15) is 13.2 Å². The smallest absolute Gasteiger partial charge is 0.495 e. The first kappa shape index (κ1) is 30.2. The Bertz CT molecular complexity index is 1120. The average molecular weight is 562 g/mol. The number of para-hydroxylation sites is 2. The highest BCUT2D eigenvalue weighted by molar-refractivity contribution is 7.16. The van der Waals surface area contributed by atoms with Gasteiger partial charge in [-0.3, -0.25) is 10.3 Å². The van der Waals surface area contributed by atoms with Gasteiger partial charge < -0.3 is 18.9 Å². The molecule has 0 spiro atoms. The van der Waals surface area contributed by atoms with Crippen LogP contribution in [0.25, 0.3) is 10.2 Å². The lowest BCUT2D eigenvalue weighted by molar-refractivity contribution is -0.274. The maximum atomic E-state index is 12.5. The minimum absolute atomic E-state index is 0. The molecule has 0 atom stereocenters. The van der Waals surface area contributed by atoms with Crippen LogP contribution in [0, 0.1) is 5.41 Å². The van der Waals surface area contributed by atoms with Crippen molar-refractivity contribution in [2.75, 3.05) is 44.7 Å². The fourth-order valence-electron chi connectivity index (χ4n) is 3.83. The second-order valence-corrected chi connectivity index (χ2v) is 8.27. The molecule has 1 aliphatic heterocycles. The number of hydrogen-bond donors (Lipinski definition) is 1. The standard InChI is InChI=1S/C21H23F3N4O2S.3ClH/c1-29-18-5-3-2-4-16(18)27-11-8-26(9-12-27)10-13-28-17-7-6-15(30-21(22,23)24)14-19(17)31-20(28)25;;;/h2-7,14,25H,8-13H2,1H3;3*1H. The number of nitrogens with zero attached hydrogens (tertiary/aromatic N) is 3. The zero-order valence-electron chi connectivity index (χ0n) is 18.2. The number of halogens is 6. The number of nitrogens with one attached hydrogen (secondary N) is 1. The van der Waals surface area contributed by atoms with Crippen molar-refractivity contribution < 1.29 is 22.6 Å². The normalized spacial score (nSPS) is 14.1. The number of piperazine rings is 1. The van der Waals surface area contributed by atoms with E-state index in [2.05, 4.69) is 20.6 Å². The molecule has 0 unspecified atom stereocenters. The number of alkyl halides is 3. The summed E-state index contributed by atoms with van der Waals surface area (Å²) in [6, 6.07) is 12.2. The fraction of sp³-hybridized carbons (Fsp3) is 0.381. The third-order valence-electron chi connectivity index (χ3n) is 5.35. The summed E-state index contributed by atoms with van der Waals surface area (Å²) in [7, 11) is 1.67. The fourth-order valence-corrected chi connectivity index (χ4v) is 4.80. The first-order valence-corrected chi connectivity index (χ1v) is 10.7. The van der Waals surface area contributed by atoms with Gasteiger partial charge in [-0.05, 0) is 30.3 Å². The van der Waals surface area contributed by atoms with Gasteiger partial charge in [-0.15, -0.1) is 50.4 Å². The van der Waals surface area contributed by atoms with E-state index in [0.29, 0.717) is 16.0 Å². The monoisotopic (exact) mass is 560 g/mol. The summed E-state index contributed by atoms with van der Waals surface area (Å²) < 4.78 is 49.3. The van der Waals surface area contributed by atoms with Crippen LogP contribution in [0.1, 0.15) is 0 Å². The van der Waals surface area contributed by atoms with Gasteiger partial charge in [-0.1, -0.05) is 23.5 Å². The molecule has 34 heavy (non-hydrogen) atoms. The predicted molar refractivity (Wildman–Crippen MR) is 136 cm³/mol. The van der Waals surface area contributed by atoms with Crippen molar-refractivity contribution in [2.45, 2.75) is 12.9 Å². The van der Waals surface area contributed by atoms with Crippen LogP contribution in [0.5, 0.6) is 11.5 Å². The predicted octanol–water partition coefficient (Wildman–Crippen LogP) is 5.18. The molecule has 0 saturated carbocycles. The van der Waals surface area contributed by atoms with Gasteiger partial charge in [0.15, 0.2) is 4.80 Å². The van der Waals surface area contributed by atoms with Crippen LogP contribution in [0.3, 0.4) is 0 Å². The van der Waals surface area contributed by atoms with E-state index in [0.717, 1.165) is 61.0 Å². The Balaban J connectivity index is 0.00000193. The Kier molecular flexibility index (Phi) is 11.3. The molecule has 190 valence electrons. The molecule has 0 aliphatic carbocycles. The van der Waals surface area contributed by atoms with Crippen LogP contribution >= 0.6 is 48.6 Å². The first-order chi connectivity index (χ1) is 14.8. The van der Waals surface area contributed by atoms with Crippen LogP contribution in [0.2, 0.25) is 0 Å². The van der Waals surface area contributed by atoms with E-state index in [1.165, 1.54) is 12.1 Å². The Morgan fingerprint density at radius 2 is 1.65 bits per heavy atom. The topological polar surface area (TPSA) is 53.7 Å². The number of fused-ring (bicyclic) bond motifs is 1. The lowest BCUT2D eigenvalue weighted by Gasteiger charge is -2.36. The molecule has 1 N–H and O–H groups in total. The molecule has 2 aromatic carbocycles. The van der Waals surface area contributed by atoms with Crippen molar-refractivity contribution in [3.05, 3.63) is 47.3 Å². The van der Waals surface area contributed by atoms with Crippen molar-refractivity contribution in [3.63, 3.8) is 0 Å². The molecular weight excluding hydrogens is 536 g/mol. The minimum atomic E-state index is -4.73. The Labute approximate surface area is 218 Å². The lowest BCUT2D eigenvalue weighted by atomic mass is 10.2. The summed E-state index contributed by atoms with van der Waals surface area (Å²) in [4.78, 5) is 4.95. The molecule has 1 aliphatic rings. The van der Waals surface area contributed by atoms with Crippen LogP contribution in [-0.2, 0) is 6.54 Å². The summed E-state index contributed by atoms with van der Waals surface area (Å²) in [6.45, 7) is 4.90. The maximum absolute atomic E-state index is 12.5. The molecule has 0 amide bonds. The molecule has 1 fully saturated rings.